The highest BCUT2D eigenvalue weighted by Crippen LogP contribution is 2.40. The molecule has 0 aliphatic carbocycles. The predicted molar refractivity (Wildman–Crippen MR) is 244 cm³/mol. The molecule has 346 valence electrons. The summed E-state index contributed by atoms with van der Waals surface area (Å²) in [5, 5.41) is 33.1. The minimum Gasteiger partial charge on any atom is -0.508 e. The molecule has 67 heavy (non-hydrogen) atoms. The average molecular weight is 911 g/mol. The Hall–Kier alpha value is -7.76. The summed E-state index contributed by atoms with van der Waals surface area (Å²) >= 11 is 0. The number of carbonyl (C=O) groups is 4. The van der Waals surface area contributed by atoms with E-state index in [1.165, 1.54) is 7.05 Å². The Morgan fingerprint density at radius 1 is 0.955 bits per heavy atom. The number of esters is 1. The molecule has 0 saturated carbocycles. The van der Waals surface area contributed by atoms with Crippen LogP contribution < -0.4 is 15.6 Å². The van der Waals surface area contributed by atoms with Gasteiger partial charge in [0.2, 0.25) is 17.8 Å². The third-order valence-corrected chi connectivity index (χ3v) is 12.6. The van der Waals surface area contributed by atoms with Gasteiger partial charge in [-0.15, -0.1) is 10.2 Å². The second kappa shape index (κ2) is 17.9. The van der Waals surface area contributed by atoms with E-state index in [4.69, 9.17) is 19.2 Å². The Bertz CT molecular complexity index is 3030. The zero-order valence-electron chi connectivity index (χ0n) is 37.7. The second-order valence-corrected chi connectivity index (χ2v) is 17.2. The molecule has 18 heteroatoms. The number of ether oxygens (including phenoxy) is 3. The molecule has 18 nitrogen and oxygen atoms in total. The van der Waals surface area contributed by atoms with Gasteiger partial charge in [0.05, 0.1) is 34.6 Å². The van der Waals surface area contributed by atoms with Crippen LogP contribution >= 0.6 is 0 Å². The summed E-state index contributed by atoms with van der Waals surface area (Å²) in [4.78, 5) is 74.7. The highest BCUT2D eigenvalue weighted by atomic mass is 16.6. The fraction of sp³-hybridized carbons (Fsp3) is 0.347. The van der Waals surface area contributed by atoms with Crippen LogP contribution in [-0.4, -0.2) is 108 Å². The summed E-state index contributed by atoms with van der Waals surface area (Å²) in [5.41, 5.74) is 5.49. The van der Waals surface area contributed by atoms with Crippen molar-refractivity contribution in [2.45, 2.75) is 78.2 Å². The van der Waals surface area contributed by atoms with Crippen molar-refractivity contribution < 1.29 is 43.6 Å². The SMILES string of the molecule is CCNC(=O)c1nnc(-c2cc(C(C)C)ccc2O)n1-c1ccc(OC2CCN(C(=O)CN(C)C(=O)OC3C(=O)OCc4c3cc3n(c4=O)Cc4c-3nc3ccc(O)cc3c4CC)CC2)cc1. The molecular weight excluding hydrogens is 861 g/mol. The van der Waals surface area contributed by atoms with Gasteiger partial charge in [0.15, 0.2) is 5.82 Å². The number of rotatable bonds is 11. The molecular formula is C49H50N8O10. The Balaban J connectivity index is 0.837. The van der Waals surface area contributed by atoms with Crippen LogP contribution in [0.4, 0.5) is 4.79 Å². The number of fused-ring (bicyclic) bond motifs is 5. The summed E-state index contributed by atoms with van der Waals surface area (Å²) in [6.07, 6.45) is -1.04. The van der Waals surface area contributed by atoms with Crippen LogP contribution in [0.5, 0.6) is 17.2 Å². The first-order valence-electron chi connectivity index (χ1n) is 22.4. The number of pyridine rings is 2. The Morgan fingerprint density at radius 3 is 2.43 bits per heavy atom. The molecule has 3 aliphatic heterocycles. The monoisotopic (exact) mass is 910 g/mol. The number of phenols is 2. The first-order valence-corrected chi connectivity index (χ1v) is 22.4. The van der Waals surface area contributed by atoms with Crippen molar-refractivity contribution in [3.05, 3.63) is 111 Å². The molecule has 6 aromatic rings. The van der Waals surface area contributed by atoms with Gasteiger partial charge in [0.1, 0.15) is 36.5 Å². The molecule has 9 rings (SSSR count). The molecule has 1 unspecified atom stereocenters. The van der Waals surface area contributed by atoms with Crippen molar-refractivity contribution in [3.63, 3.8) is 0 Å². The summed E-state index contributed by atoms with van der Waals surface area (Å²) in [6, 6.07) is 19.0. The van der Waals surface area contributed by atoms with Gasteiger partial charge in [-0.2, -0.15) is 0 Å². The van der Waals surface area contributed by atoms with Crippen molar-refractivity contribution in [2.75, 3.05) is 33.2 Å². The van der Waals surface area contributed by atoms with Crippen LogP contribution in [0, 0.1) is 0 Å². The lowest BCUT2D eigenvalue weighted by Gasteiger charge is -2.33. The van der Waals surface area contributed by atoms with Crippen molar-refractivity contribution in [1.29, 1.82) is 0 Å². The maximum absolute atomic E-state index is 13.9. The number of piperidine rings is 1. The lowest BCUT2D eigenvalue weighted by atomic mass is 9.97. The van der Waals surface area contributed by atoms with Crippen LogP contribution in [-0.2, 0) is 38.6 Å². The zero-order chi connectivity index (χ0) is 47.3. The highest BCUT2D eigenvalue weighted by molar-refractivity contribution is 5.92. The third kappa shape index (κ3) is 8.27. The minimum absolute atomic E-state index is 0.00477. The molecule has 3 aromatic carbocycles. The lowest BCUT2D eigenvalue weighted by Crippen LogP contribution is -2.47. The van der Waals surface area contributed by atoms with E-state index in [1.807, 2.05) is 39.8 Å². The number of nitrogens with zero attached hydrogens (tertiary/aromatic N) is 7. The van der Waals surface area contributed by atoms with E-state index < -0.39 is 24.1 Å². The number of hydrogen-bond acceptors (Lipinski definition) is 13. The van der Waals surface area contributed by atoms with Gasteiger partial charge in [0.25, 0.3) is 11.5 Å². The number of phenolic OH excluding ortho intramolecular Hbond substituents is 2. The van der Waals surface area contributed by atoms with E-state index in [0.717, 1.165) is 27.0 Å². The molecule has 3 aromatic heterocycles. The van der Waals surface area contributed by atoms with Gasteiger partial charge in [-0.05, 0) is 91.1 Å². The number of carbonyl (C=O) groups excluding carboxylic acids is 4. The number of likely N-dealkylation sites (N-methyl/N-ethyl adjacent to an activating group) is 1. The van der Waals surface area contributed by atoms with Gasteiger partial charge in [-0.25, -0.2) is 14.6 Å². The summed E-state index contributed by atoms with van der Waals surface area (Å²) in [5.74, 6) is -0.335. The molecule has 0 radical (unpaired) electrons. The number of benzene rings is 3. The van der Waals surface area contributed by atoms with Crippen molar-refractivity contribution in [1.82, 2.24) is 39.4 Å². The number of cyclic esters (lactones) is 1. The largest absolute Gasteiger partial charge is 0.508 e. The Kier molecular flexibility index (Phi) is 11.9. The number of likely N-dealkylation sites (tertiary alicyclic amines) is 1. The van der Waals surface area contributed by atoms with Crippen molar-refractivity contribution >= 4 is 34.8 Å². The maximum Gasteiger partial charge on any atom is 0.411 e. The molecule has 3 aliphatic rings. The third-order valence-electron chi connectivity index (χ3n) is 12.6. The quantitative estimate of drug-likeness (QED) is 0.132. The Morgan fingerprint density at radius 2 is 1.72 bits per heavy atom. The number of nitrogens with one attached hydrogen (secondary N) is 1. The first kappa shape index (κ1) is 44.4. The second-order valence-electron chi connectivity index (χ2n) is 17.2. The smallest absolute Gasteiger partial charge is 0.411 e. The summed E-state index contributed by atoms with van der Waals surface area (Å²) in [7, 11) is 1.40. The van der Waals surface area contributed by atoms with Gasteiger partial charge in [-0.3, -0.25) is 19.0 Å². The fourth-order valence-corrected chi connectivity index (χ4v) is 9.03. The summed E-state index contributed by atoms with van der Waals surface area (Å²) < 4.78 is 20.5. The number of amides is 3. The van der Waals surface area contributed by atoms with E-state index in [9.17, 15) is 34.2 Å². The molecule has 3 N–H and O–H groups in total. The number of aryl methyl sites for hydroxylation is 1. The first-order chi connectivity index (χ1) is 32.2. The van der Waals surface area contributed by atoms with E-state index in [0.29, 0.717) is 78.6 Å². The lowest BCUT2D eigenvalue weighted by molar-refractivity contribution is -0.158. The molecule has 0 spiro atoms. The number of aromatic nitrogens is 5. The van der Waals surface area contributed by atoms with Crippen molar-refractivity contribution in [3.8, 4) is 45.7 Å². The Labute approximate surface area is 384 Å². The van der Waals surface area contributed by atoms with Crippen molar-refractivity contribution in [2.24, 2.45) is 0 Å². The molecule has 3 amide bonds. The summed E-state index contributed by atoms with van der Waals surface area (Å²) in [6.45, 7) is 8.65. The average Bonchev–Trinajstić information content (AvgIpc) is 3.92. The number of hydrogen-bond donors (Lipinski definition) is 3. The van der Waals surface area contributed by atoms with E-state index in [2.05, 4.69) is 15.5 Å². The van der Waals surface area contributed by atoms with Gasteiger partial charge in [-0.1, -0.05) is 26.8 Å². The van der Waals surface area contributed by atoms with Gasteiger partial charge < -0.3 is 44.1 Å². The topological polar surface area (TPSA) is 221 Å². The highest BCUT2D eigenvalue weighted by Gasteiger charge is 2.39. The molecule has 1 fully saturated rings. The molecule has 1 atom stereocenters. The predicted octanol–water partition coefficient (Wildman–Crippen LogP) is 5.76. The number of aromatic hydroxyl groups is 2. The maximum atomic E-state index is 13.9. The van der Waals surface area contributed by atoms with Crippen LogP contribution in [0.1, 0.15) is 91.0 Å². The molecule has 6 heterocycles. The van der Waals surface area contributed by atoms with Crippen LogP contribution in [0.2, 0.25) is 0 Å². The van der Waals surface area contributed by atoms with Gasteiger partial charge >= 0.3 is 12.1 Å². The fourth-order valence-electron chi connectivity index (χ4n) is 9.03. The van der Waals surface area contributed by atoms with Crippen LogP contribution in [0.15, 0.2) is 71.5 Å². The standard InChI is InChI=1S/C49H50N8O10/c1-6-32-33-21-29(58)11-14-38(33)51-42-36(32)23-56-39(42)22-34-37(47(56)62)25-65-48(63)43(34)67-49(64)54(5)24-41(60)55-18-16-31(17-19-55)66-30-12-9-28(10-13-30)57-44(52-53-45(57)46(61)50-7-2)35-20-27(26(3)4)8-15-40(35)59/h8-15,20-22,26,31,43,58-59H,6-7,16-19,23-25H2,1-5H3,(H,50,61). The minimum atomic E-state index is -1.54. The normalized spacial score (nSPS) is 15.5. The van der Waals surface area contributed by atoms with E-state index in [1.54, 1.807) is 68.6 Å². The van der Waals surface area contributed by atoms with E-state index in [-0.39, 0.29) is 71.6 Å². The van der Waals surface area contributed by atoms with Crippen LogP contribution in [0.25, 0.3) is 39.4 Å². The molecule has 1 saturated heterocycles. The molecule has 0 bridgehead atoms. The van der Waals surface area contributed by atoms with Crippen LogP contribution in [0.3, 0.4) is 0 Å². The van der Waals surface area contributed by atoms with Gasteiger partial charge in [0, 0.05) is 61.7 Å². The zero-order valence-corrected chi connectivity index (χ0v) is 37.7. The van der Waals surface area contributed by atoms with E-state index >= 15 is 0 Å².